The SMILES string of the molecule is COc1ccc(-c2nc3n(c2CN)CCS3)c(OC)c1. The van der Waals surface area contributed by atoms with E-state index < -0.39 is 0 Å². The Morgan fingerprint density at radius 3 is 2.90 bits per heavy atom. The summed E-state index contributed by atoms with van der Waals surface area (Å²) >= 11 is 1.76. The molecule has 1 aliphatic heterocycles. The maximum atomic E-state index is 5.92. The van der Waals surface area contributed by atoms with Crippen LogP contribution < -0.4 is 15.2 Å². The first-order valence-corrected chi connectivity index (χ1v) is 7.41. The predicted molar refractivity (Wildman–Crippen MR) is 79.4 cm³/mol. The number of nitrogens with two attached hydrogens (primary N) is 1. The minimum atomic E-state index is 0.470. The Hall–Kier alpha value is -1.66. The molecule has 0 amide bonds. The smallest absolute Gasteiger partial charge is 0.168 e. The third kappa shape index (κ3) is 2.05. The average Bonchev–Trinajstić information content (AvgIpc) is 3.06. The van der Waals surface area contributed by atoms with Crippen LogP contribution in [0.4, 0.5) is 0 Å². The lowest BCUT2D eigenvalue weighted by Crippen LogP contribution is -2.07. The zero-order valence-corrected chi connectivity index (χ0v) is 12.4. The van der Waals surface area contributed by atoms with Crippen molar-refractivity contribution in [1.29, 1.82) is 0 Å². The third-order valence-electron chi connectivity index (χ3n) is 3.44. The topological polar surface area (TPSA) is 62.3 Å². The highest BCUT2D eigenvalue weighted by atomic mass is 32.2. The van der Waals surface area contributed by atoms with Crippen LogP contribution in [-0.4, -0.2) is 29.5 Å². The molecule has 0 spiro atoms. The normalized spacial score (nSPS) is 13.3. The molecule has 0 aliphatic carbocycles. The summed E-state index contributed by atoms with van der Waals surface area (Å²) in [5.41, 5.74) is 8.85. The summed E-state index contributed by atoms with van der Waals surface area (Å²) in [6, 6.07) is 5.75. The Labute approximate surface area is 122 Å². The fraction of sp³-hybridized carbons (Fsp3) is 0.357. The standard InChI is InChI=1S/C14H17N3O2S/c1-18-9-3-4-10(12(7-9)19-2)13-11(8-15)17-5-6-20-14(17)16-13/h3-4,7H,5-6,8,15H2,1-2H3. The molecule has 20 heavy (non-hydrogen) atoms. The van der Waals surface area contributed by atoms with Gasteiger partial charge in [-0.1, -0.05) is 11.8 Å². The maximum Gasteiger partial charge on any atom is 0.168 e. The number of imidazole rings is 1. The molecule has 2 aromatic rings. The van der Waals surface area contributed by atoms with Gasteiger partial charge in [0.1, 0.15) is 11.5 Å². The Morgan fingerprint density at radius 1 is 1.35 bits per heavy atom. The van der Waals surface area contributed by atoms with Crippen molar-refractivity contribution in [2.45, 2.75) is 18.2 Å². The van der Waals surface area contributed by atoms with Crippen LogP contribution in [0, 0.1) is 0 Å². The van der Waals surface area contributed by atoms with Gasteiger partial charge < -0.3 is 19.8 Å². The second kappa shape index (κ2) is 5.38. The number of hydrogen-bond acceptors (Lipinski definition) is 5. The van der Waals surface area contributed by atoms with Gasteiger partial charge in [-0.3, -0.25) is 0 Å². The van der Waals surface area contributed by atoms with Crippen molar-refractivity contribution in [3.05, 3.63) is 23.9 Å². The fourth-order valence-electron chi connectivity index (χ4n) is 2.45. The van der Waals surface area contributed by atoms with E-state index in [1.807, 2.05) is 18.2 Å². The number of methoxy groups -OCH3 is 2. The van der Waals surface area contributed by atoms with Gasteiger partial charge in [-0.25, -0.2) is 4.98 Å². The van der Waals surface area contributed by atoms with Crippen molar-refractivity contribution >= 4 is 11.8 Å². The van der Waals surface area contributed by atoms with Gasteiger partial charge in [0.2, 0.25) is 0 Å². The minimum Gasteiger partial charge on any atom is -0.497 e. The summed E-state index contributed by atoms with van der Waals surface area (Å²) < 4.78 is 12.9. The monoisotopic (exact) mass is 291 g/mol. The Kier molecular flexibility index (Phi) is 3.58. The van der Waals surface area contributed by atoms with Gasteiger partial charge in [0.05, 0.1) is 25.6 Å². The predicted octanol–water partition coefficient (Wildman–Crippen LogP) is 2.13. The van der Waals surface area contributed by atoms with E-state index in [0.717, 1.165) is 45.9 Å². The quantitative estimate of drug-likeness (QED) is 0.935. The number of nitrogens with zero attached hydrogens (tertiary/aromatic N) is 2. The van der Waals surface area contributed by atoms with Crippen molar-refractivity contribution in [1.82, 2.24) is 9.55 Å². The van der Waals surface area contributed by atoms with Crippen molar-refractivity contribution in [3.63, 3.8) is 0 Å². The molecule has 1 aliphatic rings. The number of benzene rings is 1. The van der Waals surface area contributed by atoms with Gasteiger partial charge in [0.15, 0.2) is 5.16 Å². The first-order chi connectivity index (χ1) is 9.78. The van der Waals surface area contributed by atoms with E-state index in [4.69, 9.17) is 20.2 Å². The molecule has 0 radical (unpaired) electrons. The highest BCUT2D eigenvalue weighted by Crippen LogP contribution is 2.38. The van der Waals surface area contributed by atoms with E-state index in [1.54, 1.807) is 26.0 Å². The summed E-state index contributed by atoms with van der Waals surface area (Å²) in [6.07, 6.45) is 0. The van der Waals surface area contributed by atoms with Crippen molar-refractivity contribution in [2.75, 3.05) is 20.0 Å². The first kappa shape index (κ1) is 13.3. The molecule has 6 heteroatoms. The summed E-state index contributed by atoms with van der Waals surface area (Å²) in [4.78, 5) is 4.72. The van der Waals surface area contributed by atoms with Gasteiger partial charge in [0.25, 0.3) is 0 Å². The Bertz CT molecular complexity index is 640. The van der Waals surface area contributed by atoms with E-state index in [1.165, 1.54) is 0 Å². The number of aromatic nitrogens is 2. The summed E-state index contributed by atoms with van der Waals surface area (Å²) in [7, 11) is 3.29. The van der Waals surface area contributed by atoms with Crippen LogP contribution >= 0.6 is 11.8 Å². The summed E-state index contributed by atoms with van der Waals surface area (Å²) in [5.74, 6) is 2.58. The zero-order valence-electron chi connectivity index (χ0n) is 11.5. The van der Waals surface area contributed by atoms with E-state index in [0.29, 0.717) is 6.54 Å². The molecule has 1 aromatic carbocycles. The lowest BCUT2D eigenvalue weighted by Gasteiger charge is -2.11. The molecule has 0 fully saturated rings. The van der Waals surface area contributed by atoms with E-state index in [9.17, 15) is 0 Å². The Morgan fingerprint density at radius 2 is 2.20 bits per heavy atom. The van der Waals surface area contributed by atoms with Crippen molar-refractivity contribution < 1.29 is 9.47 Å². The highest BCUT2D eigenvalue weighted by Gasteiger charge is 2.23. The number of hydrogen-bond donors (Lipinski definition) is 1. The molecule has 0 bridgehead atoms. The van der Waals surface area contributed by atoms with E-state index in [-0.39, 0.29) is 0 Å². The molecule has 2 heterocycles. The van der Waals surface area contributed by atoms with Crippen LogP contribution in [0.25, 0.3) is 11.3 Å². The second-order valence-corrected chi connectivity index (χ2v) is 5.52. The van der Waals surface area contributed by atoms with Gasteiger partial charge in [-0.15, -0.1) is 0 Å². The molecule has 3 rings (SSSR count). The van der Waals surface area contributed by atoms with Gasteiger partial charge in [-0.2, -0.15) is 0 Å². The number of fused-ring (bicyclic) bond motifs is 1. The van der Waals surface area contributed by atoms with Crippen LogP contribution in [0.5, 0.6) is 11.5 Å². The molecule has 2 N–H and O–H groups in total. The summed E-state index contributed by atoms with van der Waals surface area (Å²) in [6.45, 7) is 1.44. The molecule has 0 saturated heterocycles. The van der Waals surface area contributed by atoms with Crippen LogP contribution in [-0.2, 0) is 13.1 Å². The zero-order chi connectivity index (χ0) is 14.1. The third-order valence-corrected chi connectivity index (χ3v) is 4.40. The number of ether oxygens (including phenoxy) is 2. The molecule has 1 aromatic heterocycles. The summed E-state index contributed by atoms with van der Waals surface area (Å²) in [5, 5.41) is 1.04. The van der Waals surface area contributed by atoms with Crippen LogP contribution in [0.3, 0.4) is 0 Å². The molecular formula is C14H17N3O2S. The first-order valence-electron chi connectivity index (χ1n) is 6.43. The molecule has 106 valence electrons. The second-order valence-electron chi connectivity index (χ2n) is 4.46. The van der Waals surface area contributed by atoms with Crippen molar-refractivity contribution in [3.8, 4) is 22.8 Å². The van der Waals surface area contributed by atoms with E-state index >= 15 is 0 Å². The Balaban J connectivity index is 2.14. The van der Waals surface area contributed by atoms with E-state index in [2.05, 4.69) is 4.57 Å². The fourth-order valence-corrected chi connectivity index (χ4v) is 3.42. The van der Waals surface area contributed by atoms with Crippen molar-refractivity contribution in [2.24, 2.45) is 5.73 Å². The molecule has 0 unspecified atom stereocenters. The van der Waals surface area contributed by atoms with Crippen LogP contribution in [0.2, 0.25) is 0 Å². The van der Waals surface area contributed by atoms with Gasteiger partial charge in [0, 0.05) is 30.5 Å². The molecule has 5 nitrogen and oxygen atoms in total. The molecular weight excluding hydrogens is 274 g/mol. The lowest BCUT2D eigenvalue weighted by molar-refractivity contribution is 0.395. The minimum absolute atomic E-state index is 0.470. The molecule has 0 saturated carbocycles. The van der Waals surface area contributed by atoms with Crippen LogP contribution in [0.1, 0.15) is 5.69 Å². The average molecular weight is 291 g/mol. The highest BCUT2D eigenvalue weighted by molar-refractivity contribution is 7.99. The molecule has 0 atom stereocenters. The number of rotatable bonds is 4. The number of thioether (sulfide) groups is 1. The van der Waals surface area contributed by atoms with Gasteiger partial charge in [-0.05, 0) is 12.1 Å². The lowest BCUT2D eigenvalue weighted by atomic mass is 10.1. The largest absolute Gasteiger partial charge is 0.497 e. The van der Waals surface area contributed by atoms with Crippen LogP contribution in [0.15, 0.2) is 23.4 Å². The maximum absolute atomic E-state index is 5.92. The van der Waals surface area contributed by atoms with Gasteiger partial charge >= 0.3 is 0 Å².